The number of benzene rings is 2. The molecule has 2 aromatic carbocycles. The van der Waals surface area contributed by atoms with Crippen molar-refractivity contribution in [3.63, 3.8) is 0 Å². The van der Waals surface area contributed by atoms with E-state index in [1.54, 1.807) is 49.6 Å². The van der Waals surface area contributed by atoms with Crippen molar-refractivity contribution in [3.05, 3.63) is 48.0 Å². The highest BCUT2D eigenvalue weighted by molar-refractivity contribution is 6.00. The van der Waals surface area contributed by atoms with Crippen LogP contribution in [0, 0.1) is 0 Å². The van der Waals surface area contributed by atoms with Crippen molar-refractivity contribution in [1.82, 2.24) is 0 Å². The first kappa shape index (κ1) is 14.7. The first-order valence-corrected chi connectivity index (χ1v) is 6.37. The number of ether oxygens (including phenoxy) is 3. The average Bonchev–Trinajstić information content (AvgIpc) is 2.52. The molecule has 0 unspecified atom stereocenters. The van der Waals surface area contributed by atoms with Crippen LogP contribution in [0.15, 0.2) is 42.5 Å². The molecule has 5 heteroatoms. The van der Waals surface area contributed by atoms with Crippen LogP contribution in [0.25, 0.3) is 0 Å². The topological polar surface area (TPSA) is 70.8 Å². The number of ketones is 1. The number of nitrogens with two attached hydrogens (primary N) is 1. The lowest BCUT2D eigenvalue weighted by Gasteiger charge is -2.10. The van der Waals surface area contributed by atoms with Gasteiger partial charge in [-0.25, -0.2) is 0 Å². The maximum atomic E-state index is 12.2. The third-order valence-corrected chi connectivity index (χ3v) is 2.94. The molecule has 0 saturated carbocycles. The minimum atomic E-state index is -0.183. The van der Waals surface area contributed by atoms with Crippen molar-refractivity contribution in [2.24, 2.45) is 0 Å². The van der Waals surface area contributed by atoms with Gasteiger partial charge in [0.2, 0.25) is 5.78 Å². The van der Waals surface area contributed by atoms with Gasteiger partial charge in [0.05, 0.1) is 19.8 Å². The highest BCUT2D eigenvalue weighted by Gasteiger charge is 2.14. The van der Waals surface area contributed by atoms with E-state index in [0.29, 0.717) is 28.5 Å². The van der Waals surface area contributed by atoms with Crippen molar-refractivity contribution >= 4 is 11.5 Å². The Kier molecular flexibility index (Phi) is 4.66. The van der Waals surface area contributed by atoms with E-state index in [1.165, 1.54) is 7.11 Å². The molecule has 0 atom stereocenters. The second-order valence-corrected chi connectivity index (χ2v) is 4.35. The van der Waals surface area contributed by atoms with Gasteiger partial charge in [0.1, 0.15) is 17.2 Å². The number of nitrogen functional groups attached to an aromatic ring is 1. The van der Waals surface area contributed by atoms with Gasteiger partial charge in [-0.05, 0) is 24.3 Å². The van der Waals surface area contributed by atoms with Gasteiger partial charge in [0.15, 0.2) is 6.61 Å². The van der Waals surface area contributed by atoms with E-state index in [4.69, 9.17) is 19.9 Å². The Balaban J connectivity index is 2.10. The molecular formula is C16H17NO4. The van der Waals surface area contributed by atoms with Crippen LogP contribution in [0.3, 0.4) is 0 Å². The molecule has 21 heavy (non-hydrogen) atoms. The predicted octanol–water partition coefficient (Wildman–Crippen LogP) is 2.55. The number of hydrogen-bond donors (Lipinski definition) is 1. The minimum Gasteiger partial charge on any atom is -0.497 e. The molecule has 110 valence electrons. The Morgan fingerprint density at radius 2 is 1.86 bits per heavy atom. The summed E-state index contributed by atoms with van der Waals surface area (Å²) in [6, 6.07) is 11.9. The fraction of sp³-hybridized carbons (Fsp3) is 0.188. The summed E-state index contributed by atoms with van der Waals surface area (Å²) in [5.74, 6) is 1.45. The number of carbonyl (C=O) groups is 1. The zero-order valence-electron chi connectivity index (χ0n) is 12.0. The number of Topliss-reactive ketones (excluding diaryl/α,β-unsaturated/α-hetero) is 1. The third kappa shape index (κ3) is 3.66. The van der Waals surface area contributed by atoms with Gasteiger partial charge in [-0.1, -0.05) is 6.07 Å². The normalized spacial score (nSPS) is 10.0. The van der Waals surface area contributed by atoms with E-state index < -0.39 is 0 Å². The number of methoxy groups -OCH3 is 2. The van der Waals surface area contributed by atoms with Crippen LogP contribution in [-0.4, -0.2) is 26.6 Å². The molecule has 2 aromatic rings. The van der Waals surface area contributed by atoms with E-state index in [-0.39, 0.29) is 12.4 Å². The summed E-state index contributed by atoms with van der Waals surface area (Å²) >= 11 is 0. The van der Waals surface area contributed by atoms with Gasteiger partial charge < -0.3 is 19.9 Å². The van der Waals surface area contributed by atoms with Crippen LogP contribution < -0.4 is 19.9 Å². The number of hydrogen-bond acceptors (Lipinski definition) is 5. The molecule has 0 aromatic heterocycles. The molecule has 2 rings (SSSR count). The zero-order valence-corrected chi connectivity index (χ0v) is 12.0. The molecule has 0 aliphatic carbocycles. The molecule has 0 spiro atoms. The molecule has 0 fully saturated rings. The summed E-state index contributed by atoms with van der Waals surface area (Å²) in [4.78, 5) is 12.2. The van der Waals surface area contributed by atoms with Crippen LogP contribution >= 0.6 is 0 Å². The highest BCUT2D eigenvalue weighted by Crippen LogP contribution is 2.25. The monoisotopic (exact) mass is 287 g/mol. The second-order valence-electron chi connectivity index (χ2n) is 4.35. The molecule has 0 radical (unpaired) electrons. The summed E-state index contributed by atoms with van der Waals surface area (Å²) < 4.78 is 15.7. The van der Waals surface area contributed by atoms with Crippen LogP contribution in [0.2, 0.25) is 0 Å². The Labute approximate surface area is 123 Å². The van der Waals surface area contributed by atoms with E-state index in [1.807, 2.05) is 0 Å². The maximum absolute atomic E-state index is 12.2. The first-order valence-electron chi connectivity index (χ1n) is 6.37. The van der Waals surface area contributed by atoms with Crippen LogP contribution in [-0.2, 0) is 0 Å². The fourth-order valence-electron chi connectivity index (χ4n) is 1.86. The second kappa shape index (κ2) is 6.65. The van der Waals surface area contributed by atoms with E-state index in [9.17, 15) is 4.79 Å². The Morgan fingerprint density at radius 3 is 2.52 bits per heavy atom. The molecular weight excluding hydrogens is 270 g/mol. The number of anilines is 1. The van der Waals surface area contributed by atoms with E-state index in [2.05, 4.69) is 0 Å². The summed E-state index contributed by atoms with van der Waals surface area (Å²) in [6.45, 7) is -0.0911. The summed E-state index contributed by atoms with van der Waals surface area (Å²) in [5, 5.41) is 0. The quantitative estimate of drug-likeness (QED) is 0.653. The zero-order chi connectivity index (χ0) is 15.2. The van der Waals surface area contributed by atoms with Gasteiger partial charge in [0.25, 0.3) is 0 Å². The van der Waals surface area contributed by atoms with Crippen LogP contribution in [0.4, 0.5) is 5.69 Å². The van der Waals surface area contributed by atoms with Crippen molar-refractivity contribution < 1.29 is 19.0 Å². The first-order chi connectivity index (χ1) is 10.1. The maximum Gasteiger partial charge on any atom is 0.203 e. The molecule has 0 aliphatic heterocycles. The molecule has 0 saturated heterocycles. The lowest BCUT2D eigenvalue weighted by molar-refractivity contribution is 0.0918. The number of rotatable bonds is 6. The standard InChI is InChI=1S/C16H17NO4/c1-19-12-6-7-14(16(9-12)20-2)15(18)10-21-13-5-3-4-11(17)8-13/h3-9H,10,17H2,1-2H3. The summed E-state index contributed by atoms with van der Waals surface area (Å²) in [6.07, 6.45) is 0. The summed E-state index contributed by atoms with van der Waals surface area (Å²) in [5.41, 5.74) is 6.69. The van der Waals surface area contributed by atoms with Crippen molar-refractivity contribution in [2.75, 3.05) is 26.6 Å². The third-order valence-electron chi connectivity index (χ3n) is 2.94. The SMILES string of the molecule is COc1ccc(C(=O)COc2cccc(N)c2)c(OC)c1. The van der Waals surface area contributed by atoms with Crippen molar-refractivity contribution in [3.8, 4) is 17.2 Å². The van der Waals surface area contributed by atoms with E-state index >= 15 is 0 Å². The minimum absolute atomic E-state index is 0.0911. The van der Waals surface area contributed by atoms with Crippen molar-refractivity contribution in [1.29, 1.82) is 0 Å². The molecule has 0 aliphatic rings. The predicted molar refractivity (Wildman–Crippen MR) is 80.2 cm³/mol. The smallest absolute Gasteiger partial charge is 0.203 e. The lowest BCUT2D eigenvalue weighted by atomic mass is 10.1. The molecule has 2 N–H and O–H groups in total. The van der Waals surface area contributed by atoms with Gasteiger partial charge in [0, 0.05) is 17.8 Å². The molecule has 0 bridgehead atoms. The highest BCUT2D eigenvalue weighted by atomic mass is 16.5. The molecule has 0 amide bonds. The van der Waals surface area contributed by atoms with E-state index in [0.717, 1.165) is 0 Å². The lowest BCUT2D eigenvalue weighted by Crippen LogP contribution is -2.13. The Morgan fingerprint density at radius 1 is 1.05 bits per heavy atom. The molecule has 5 nitrogen and oxygen atoms in total. The van der Waals surface area contributed by atoms with Crippen LogP contribution in [0.5, 0.6) is 17.2 Å². The summed E-state index contributed by atoms with van der Waals surface area (Å²) in [7, 11) is 3.06. The van der Waals surface area contributed by atoms with Gasteiger partial charge >= 0.3 is 0 Å². The van der Waals surface area contributed by atoms with Gasteiger partial charge in [-0.3, -0.25) is 4.79 Å². The van der Waals surface area contributed by atoms with Crippen molar-refractivity contribution in [2.45, 2.75) is 0 Å². The average molecular weight is 287 g/mol. The largest absolute Gasteiger partial charge is 0.497 e. The Hall–Kier alpha value is -2.69. The van der Waals surface area contributed by atoms with Crippen LogP contribution in [0.1, 0.15) is 10.4 Å². The van der Waals surface area contributed by atoms with Gasteiger partial charge in [-0.2, -0.15) is 0 Å². The van der Waals surface area contributed by atoms with Gasteiger partial charge in [-0.15, -0.1) is 0 Å². The molecule has 0 heterocycles. The fourth-order valence-corrected chi connectivity index (χ4v) is 1.86. The number of carbonyl (C=O) groups excluding carboxylic acids is 1. The Bertz CT molecular complexity index is 640.